The molecule has 1 N–H and O–H groups in total. The largest absolute Gasteiger partial charge is 0.494 e. The summed E-state index contributed by atoms with van der Waals surface area (Å²) in [5.41, 5.74) is -0.545. The van der Waals surface area contributed by atoms with Crippen LogP contribution in [0.5, 0.6) is 5.75 Å². The normalized spacial score (nSPS) is 14.6. The van der Waals surface area contributed by atoms with E-state index in [1.54, 1.807) is 17.7 Å². The molecule has 0 atom stereocenters. The second kappa shape index (κ2) is 11.1. The molecule has 1 fully saturated rings. The van der Waals surface area contributed by atoms with Crippen molar-refractivity contribution < 1.29 is 17.7 Å². The lowest BCUT2D eigenvalue weighted by atomic mass is 10.3. The molecule has 0 amide bonds. The van der Waals surface area contributed by atoms with E-state index in [4.69, 9.17) is 9.29 Å². The first kappa shape index (κ1) is 24.6. The Morgan fingerprint density at radius 1 is 1.00 bits per heavy atom. The van der Waals surface area contributed by atoms with Gasteiger partial charge in [-0.1, -0.05) is 18.2 Å². The molecule has 0 radical (unpaired) electrons. The van der Waals surface area contributed by atoms with Gasteiger partial charge in [-0.15, -0.1) is 0 Å². The van der Waals surface area contributed by atoms with Gasteiger partial charge in [-0.3, -0.25) is 23.4 Å². The Morgan fingerprint density at radius 2 is 1.58 bits per heavy atom. The lowest BCUT2D eigenvalue weighted by Gasteiger charge is -2.36. The van der Waals surface area contributed by atoms with Crippen molar-refractivity contribution in [2.75, 3.05) is 50.5 Å². The Kier molecular flexibility index (Phi) is 8.84. The summed E-state index contributed by atoms with van der Waals surface area (Å²) in [7, 11) is -0.450. The van der Waals surface area contributed by atoms with Crippen molar-refractivity contribution in [3.63, 3.8) is 0 Å². The third-order valence-electron chi connectivity index (χ3n) is 4.83. The number of para-hydroxylation sites is 1. The van der Waals surface area contributed by atoms with Gasteiger partial charge in [0, 0.05) is 52.9 Å². The molecule has 2 heterocycles. The summed E-state index contributed by atoms with van der Waals surface area (Å²) in [4.78, 5) is 28.5. The third kappa shape index (κ3) is 8.19. The lowest BCUT2D eigenvalue weighted by Crippen LogP contribution is -2.49. The Bertz CT molecular complexity index is 1050. The first-order valence-corrected chi connectivity index (χ1v) is 11.8. The summed E-state index contributed by atoms with van der Waals surface area (Å²) in [6.07, 6.45) is 1.69. The Morgan fingerprint density at radius 3 is 2.16 bits per heavy atom. The van der Waals surface area contributed by atoms with E-state index in [0.29, 0.717) is 18.7 Å². The van der Waals surface area contributed by atoms with Gasteiger partial charge in [0.25, 0.3) is 15.7 Å². The predicted octanol–water partition coefficient (Wildman–Crippen LogP) is 0.179. The van der Waals surface area contributed by atoms with Crippen molar-refractivity contribution in [3.05, 3.63) is 57.2 Å². The van der Waals surface area contributed by atoms with Crippen molar-refractivity contribution in [1.29, 1.82) is 0 Å². The maximum atomic E-state index is 12.1. The molecule has 10 nitrogen and oxygen atoms in total. The van der Waals surface area contributed by atoms with E-state index in [2.05, 4.69) is 9.80 Å². The van der Waals surface area contributed by atoms with Crippen molar-refractivity contribution in [3.8, 4) is 5.75 Å². The minimum Gasteiger partial charge on any atom is -0.494 e. The van der Waals surface area contributed by atoms with Crippen LogP contribution in [-0.4, -0.2) is 72.6 Å². The number of aromatic nitrogens is 2. The standard InChI is InChI=1S/C19H26N4O3.CH4O3S/c1-20-17(15-18(24)21(2)19(20)25)23-12-10-22(11-13-23)9-6-14-26-16-7-4-3-5-8-16;1-5(2,3)4/h3-5,7-8,15H,6,9-14H2,1-2H3;1H3,(H,2,3,4). The molecular formula is C20H30N4O6S. The van der Waals surface area contributed by atoms with Gasteiger partial charge in [-0.2, -0.15) is 8.42 Å². The van der Waals surface area contributed by atoms with E-state index in [0.717, 1.165) is 49.5 Å². The second-order valence-corrected chi connectivity index (χ2v) is 8.78. The maximum absolute atomic E-state index is 12.1. The smallest absolute Gasteiger partial charge is 0.332 e. The molecule has 0 spiro atoms. The lowest BCUT2D eigenvalue weighted by molar-refractivity contribution is 0.224. The average molecular weight is 455 g/mol. The highest BCUT2D eigenvalue weighted by molar-refractivity contribution is 7.85. The molecule has 1 aromatic carbocycles. The number of piperazine rings is 1. The number of anilines is 1. The Labute approximate surface area is 182 Å². The summed E-state index contributed by atoms with van der Waals surface area (Å²) in [5, 5.41) is 0. The summed E-state index contributed by atoms with van der Waals surface area (Å²) >= 11 is 0. The zero-order valence-electron chi connectivity index (χ0n) is 18.1. The molecule has 0 aliphatic carbocycles. The topological polar surface area (TPSA) is 114 Å². The summed E-state index contributed by atoms with van der Waals surface area (Å²) in [6, 6.07) is 11.4. The van der Waals surface area contributed by atoms with E-state index in [1.165, 1.54) is 7.05 Å². The molecule has 1 aliphatic rings. The van der Waals surface area contributed by atoms with Crippen molar-refractivity contribution in [1.82, 2.24) is 14.0 Å². The van der Waals surface area contributed by atoms with Gasteiger partial charge in [-0.05, 0) is 18.6 Å². The van der Waals surface area contributed by atoms with Crippen LogP contribution in [0.3, 0.4) is 0 Å². The van der Waals surface area contributed by atoms with Crippen LogP contribution in [0.15, 0.2) is 46.0 Å². The van der Waals surface area contributed by atoms with Gasteiger partial charge in [-0.25, -0.2) is 4.79 Å². The third-order valence-corrected chi connectivity index (χ3v) is 4.83. The van der Waals surface area contributed by atoms with Crippen molar-refractivity contribution >= 4 is 15.9 Å². The van der Waals surface area contributed by atoms with E-state index in [9.17, 15) is 18.0 Å². The van der Waals surface area contributed by atoms with Gasteiger partial charge in [0.2, 0.25) is 0 Å². The van der Waals surface area contributed by atoms with Crippen LogP contribution in [0.25, 0.3) is 0 Å². The summed E-state index contributed by atoms with van der Waals surface area (Å²) in [6.45, 7) is 5.12. The molecule has 31 heavy (non-hydrogen) atoms. The van der Waals surface area contributed by atoms with Crippen LogP contribution in [0.1, 0.15) is 6.42 Å². The highest BCUT2D eigenvalue weighted by Crippen LogP contribution is 2.13. The number of hydrogen-bond acceptors (Lipinski definition) is 7. The van der Waals surface area contributed by atoms with Crippen LogP contribution >= 0.6 is 0 Å². The molecule has 0 saturated carbocycles. The van der Waals surface area contributed by atoms with Crippen LogP contribution in [0.2, 0.25) is 0 Å². The second-order valence-electron chi connectivity index (χ2n) is 7.32. The molecule has 11 heteroatoms. The first-order chi connectivity index (χ1) is 14.6. The van der Waals surface area contributed by atoms with Gasteiger partial charge in [0.1, 0.15) is 11.6 Å². The molecule has 1 aromatic heterocycles. The van der Waals surface area contributed by atoms with E-state index in [1.807, 2.05) is 30.3 Å². The van der Waals surface area contributed by atoms with Crippen LogP contribution < -0.4 is 20.9 Å². The van der Waals surface area contributed by atoms with Gasteiger partial charge in [0.05, 0.1) is 12.9 Å². The van der Waals surface area contributed by atoms with Crippen LogP contribution in [-0.2, 0) is 24.2 Å². The molecule has 0 bridgehead atoms. The Hall–Kier alpha value is -2.63. The molecular weight excluding hydrogens is 424 g/mol. The first-order valence-electron chi connectivity index (χ1n) is 9.91. The van der Waals surface area contributed by atoms with E-state index >= 15 is 0 Å². The van der Waals surface area contributed by atoms with Crippen molar-refractivity contribution in [2.45, 2.75) is 6.42 Å². The molecule has 1 saturated heterocycles. The summed E-state index contributed by atoms with van der Waals surface area (Å²) in [5.74, 6) is 1.61. The van der Waals surface area contributed by atoms with E-state index < -0.39 is 10.1 Å². The summed E-state index contributed by atoms with van der Waals surface area (Å²) < 4.78 is 34.3. The highest BCUT2D eigenvalue weighted by Gasteiger charge is 2.20. The monoisotopic (exact) mass is 454 g/mol. The fourth-order valence-corrected chi connectivity index (χ4v) is 3.22. The van der Waals surface area contributed by atoms with Gasteiger partial charge < -0.3 is 9.64 Å². The SMILES string of the molecule is CS(=O)(=O)O.Cn1c(N2CCN(CCCOc3ccccc3)CC2)cc(=O)n(C)c1=O. The average Bonchev–Trinajstić information content (AvgIpc) is 2.72. The molecule has 0 unspecified atom stereocenters. The number of rotatable bonds is 6. The van der Waals surface area contributed by atoms with E-state index in [-0.39, 0.29) is 11.2 Å². The number of nitrogens with zero attached hydrogens (tertiary/aromatic N) is 4. The molecule has 1 aliphatic heterocycles. The Balaban J connectivity index is 0.000000614. The fourth-order valence-electron chi connectivity index (χ4n) is 3.22. The van der Waals surface area contributed by atoms with Gasteiger partial charge in [0.15, 0.2) is 0 Å². The van der Waals surface area contributed by atoms with Crippen LogP contribution in [0.4, 0.5) is 5.82 Å². The maximum Gasteiger partial charge on any atom is 0.332 e. The number of benzene rings is 1. The minimum absolute atomic E-state index is 0.261. The molecule has 2 aromatic rings. The quantitative estimate of drug-likeness (QED) is 0.486. The minimum atomic E-state index is -3.67. The predicted molar refractivity (Wildman–Crippen MR) is 120 cm³/mol. The number of ether oxygens (including phenoxy) is 1. The molecule has 3 rings (SSSR count). The van der Waals surface area contributed by atoms with Gasteiger partial charge >= 0.3 is 5.69 Å². The van der Waals surface area contributed by atoms with Crippen molar-refractivity contribution in [2.24, 2.45) is 14.1 Å². The zero-order valence-corrected chi connectivity index (χ0v) is 18.9. The number of hydrogen-bond donors (Lipinski definition) is 1. The molecule has 172 valence electrons. The fraction of sp³-hybridized carbons (Fsp3) is 0.500. The van der Waals surface area contributed by atoms with Crippen LogP contribution in [0, 0.1) is 0 Å². The highest BCUT2D eigenvalue weighted by atomic mass is 32.2. The zero-order chi connectivity index (χ0) is 23.0.